The zero-order chi connectivity index (χ0) is 10.2. The third-order valence-electron chi connectivity index (χ3n) is 2.36. The Morgan fingerprint density at radius 1 is 1.57 bits per heavy atom. The Bertz CT molecular complexity index is 223. The second-order valence-corrected chi connectivity index (χ2v) is 4.43. The molecular weight excluding hydrogens is 194 g/mol. The topological polar surface area (TPSA) is 32.3 Å². The maximum Gasteiger partial charge on any atom is 0.0556 e. The molecule has 1 unspecified atom stereocenters. The maximum atomic E-state index is 8.70. The third kappa shape index (κ3) is 4.22. The van der Waals surface area contributed by atoms with Gasteiger partial charge in [-0.3, -0.25) is 0 Å². The summed E-state index contributed by atoms with van der Waals surface area (Å²) in [7, 11) is 0. The van der Waals surface area contributed by atoms with Gasteiger partial charge in [0, 0.05) is 17.5 Å². The summed E-state index contributed by atoms with van der Waals surface area (Å²) >= 11 is 1.82. The Morgan fingerprint density at radius 2 is 2.43 bits per heavy atom. The van der Waals surface area contributed by atoms with Gasteiger partial charge in [0.2, 0.25) is 0 Å². The van der Waals surface area contributed by atoms with Gasteiger partial charge >= 0.3 is 0 Å². The maximum absolute atomic E-state index is 8.70. The molecule has 0 aromatic carbocycles. The van der Waals surface area contributed by atoms with Crippen LogP contribution in [0.5, 0.6) is 0 Å². The van der Waals surface area contributed by atoms with Gasteiger partial charge in [-0.15, -0.1) is 11.3 Å². The normalized spacial score (nSPS) is 13.0. The van der Waals surface area contributed by atoms with Crippen molar-refractivity contribution in [3.05, 3.63) is 22.4 Å². The molecule has 1 heterocycles. The minimum atomic E-state index is 0.232. The van der Waals surface area contributed by atoms with E-state index in [9.17, 15) is 0 Å². The van der Waals surface area contributed by atoms with Crippen molar-refractivity contribution >= 4 is 11.3 Å². The summed E-state index contributed by atoms with van der Waals surface area (Å²) in [5.41, 5.74) is 0. The average Bonchev–Trinajstić information content (AvgIpc) is 2.71. The third-order valence-corrected chi connectivity index (χ3v) is 3.29. The zero-order valence-electron chi connectivity index (χ0n) is 8.70. The van der Waals surface area contributed by atoms with E-state index < -0.39 is 0 Å². The van der Waals surface area contributed by atoms with E-state index in [0.717, 1.165) is 19.3 Å². The highest BCUT2D eigenvalue weighted by Crippen LogP contribution is 2.12. The van der Waals surface area contributed by atoms with E-state index >= 15 is 0 Å². The number of thiophene rings is 1. The van der Waals surface area contributed by atoms with E-state index in [4.69, 9.17) is 5.11 Å². The second-order valence-electron chi connectivity index (χ2n) is 3.40. The number of aliphatic hydroxyl groups excluding tert-OH is 1. The molecule has 2 nitrogen and oxygen atoms in total. The fourth-order valence-electron chi connectivity index (χ4n) is 1.49. The predicted octanol–water partition coefficient (Wildman–Crippen LogP) is 2.04. The fourth-order valence-corrected chi connectivity index (χ4v) is 2.22. The quantitative estimate of drug-likeness (QED) is 0.726. The standard InChI is InChI=1S/C11H19NOS/c1-2-10(12-7-8-13)5-6-11-4-3-9-14-11/h3-4,9-10,12-13H,2,5-8H2,1H3. The van der Waals surface area contributed by atoms with Crippen LogP contribution in [0.2, 0.25) is 0 Å². The summed E-state index contributed by atoms with van der Waals surface area (Å²) in [5, 5.41) is 14.2. The minimum Gasteiger partial charge on any atom is -0.395 e. The zero-order valence-corrected chi connectivity index (χ0v) is 9.52. The average molecular weight is 213 g/mol. The Hall–Kier alpha value is -0.380. The fraction of sp³-hybridized carbons (Fsp3) is 0.636. The van der Waals surface area contributed by atoms with Crippen molar-refractivity contribution in [2.24, 2.45) is 0 Å². The van der Waals surface area contributed by atoms with Crippen LogP contribution in [0.15, 0.2) is 17.5 Å². The van der Waals surface area contributed by atoms with Gasteiger partial charge < -0.3 is 10.4 Å². The highest BCUT2D eigenvalue weighted by atomic mass is 32.1. The van der Waals surface area contributed by atoms with Gasteiger partial charge in [-0.2, -0.15) is 0 Å². The molecule has 0 saturated carbocycles. The molecule has 1 rings (SSSR count). The molecule has 1 atom stereocenters. The van der Waals surface area contributed by atoms with Gasteiger partial charge in [0.15, 0.2) is 0 Å². The van der Waals surface area contributed by atoms with Crippen molar-refractivity contribution in [2.75, 3.05) is 13.2 Å². The molecule has 0 saturated heterocycles. The Morgan fingerprint density at radius 3 is 3.00 bits per heavy atom. The van der Waals surface area contributed by atoms with Gasteiger partial charge in [-0.1, -0.05) is 13.0 Å². The van der Waals surface area contributed by atoms with Crippen molar-refractivity contribution in [2.45, 2.75) is 32.2 Å². The lowest BCUT2D eigenvalue weighted by molar-refractivity contribution is 0.281. The SMILES string of the molecule is CCC(CCc1cccs1)NCCO. The lowest BCUT2D eigenvalue weighted by Gasteiger charge is -2.15. The van der Waals surface area contributed by atoms with E-state index in [-0.39, 0.29) is 6.61 Å². The van der Waals surface area contributed by atoms with Gasteiger partial charge in [0.05, 0.1) is 6.61 Å². The molecule has 0 aliphatic heterocycles. The second kappa shape index (κ2) is 6.98. The first-order valence-electron chi connectivity index (χ1n) is 5.23. The Labute approximate surface area is 90.0 Å². The molecule has 80 valence electrons. The molecule has 0 fully saturated rings. The first kappa shape index (κ1) is 11.7. The van der Waals surface area contributed by atoms with Gasteiger partial charge in [0.25, 0.3) is 0 Å². The smallest absolute Gasteiger partial charge is 0.0556 e. The molecule has 0 aliphatic carbocycles. The summed E-state index contributed by atoms with van der Waals surface area (Å²) in [6, 6.07) is 4.83. The Balaban J connectivity index is 2.20. The summed E-state index contributed by atoms with van der Waals surface area (Å²) in [6.07, 6.45) is 3.44. The van der Waals surface area contributed by atoms with E-state index in [1.54, 1.807) is 0 Å². The van der Waals surface area contributed by atoms with Crippen LogP contribution in [-0.2, 0) is 6.42 Å². The summed E-state index contributed by atoms with van der Waals surface area (Å²) in [4.78, 5) is 1.45. The highest BCUT2D eigenvalue weighted by molar-refractivity contribution is 7.09. The monoisotopic (exact) mass is 213 g/mol. The minimum absolute atomic E-state index is 0.232. The van der Waals surface area contributed by atoms with Crippen LogP contribution >= 0.6 is 11.3 Å². The van der Waals surface area contributed by atoms with Crippen LogP contribution in [-0.4, -0.2) is 24.3 Å². The van der Waals surface area contributed by atoms with Crippen molar-refractivity contribution in [3.8, 4) is 0 Å². The van der Waals surface area contributed by atoms with E-state index in [2.05, 4.69) is 29.8 Å². The number of aryl methyl sites for hydroxylation is 1. The lowest BCUT2D eigenvalue weighted by Crippen LogP contribution is -2.31. The molecule has 0 aliphatic rings. The molecule has 3 heteroatoms. The predicted molar refractivity (Wildman–Crippen MR) is 61.8 cm³/mol. The van der Waals surface area contributed by atoms with Crippen LogP contribution < -0.4 is 5.32 Å². The molecule has 0 radical (unpaired) electrons. The number of rotatable bonds is 7. The number of hydrogen-bond donors (Lipinski definition) is 2. The van der Waals surface area contributed by atoms with Crippen LogP contribution in [0.25, 0.3) is 0 Å². The van der Waals surface area contributed by atoms with Crippen LogP contribution in [0.3, 0.4) is 0 Å². The van der Waals surface area contributed by atoms with Crippen molar-refractivity contribution in [1.82, 2.24) is 5.32 Å². The molecule has 1 aromatic rings. The van der Waals surface area contributed by atoms with Crippen LogP contribution in [0.1, 0.15) is 24.6 Å². The molecule has 0 amide bonds. The van der Waals surface area contributed by atoms with Crippen LogP contribution in [0.4, 0.5) is 0 Å². The van der Waals surface area contributed by atoms with Crippen LogP contribution in [0, 0.1) is 0 Å². The summed E-state index contributed by atoms with van der Waals surface area (Å²) in [5.74, 6) is 0. The number of hydrogen-bond acceptors (Lipinski definition) is 3. The van der Waals surface area contributed by atoms with Gasteiger partial charge in [-0.25, -0.2) is 0 Å². The summed E-state index contributed by atoms with van der Waals surface area (Å²) in [6.45, 7) is 3.13. The molecule has 14 heavy (non-hydrogen) atoms. The Kier molecular flexibility index (Phi) is 5.83. The number of nitrogens with one attached hydrogen (secondary N) is 1. The van der Waals surface area contributed by atoms with E-state index in [0.29, 0.717) is 12.6 Å². The molecular formula is C11H19NOS. The van der Waals surface area contributed by atoms with Crippen molar-refractivity contribution in [1.29, 1.82) is 0 Å². The molecule has 2 N–H and O–H groups in total. The first-order valence-corrected chi connectivity index (χ1v) is 6.11. The highest BCUT2D eigenvalue weighted by Gasteiger charge is 2.05. The summed E-state index contributed by atoms with van der Waals surface area (Å²) < 4.78 is 0. The van der Waals surface area contributed by atoms with Crippen molar-refractivity contribution in [3.63, 3.8) is 0 Å². The largest absolute Gasteiger partial charge is 0.395 e. The van der Waals surface area contributed by atoms with Gasteiger partial charge in [0.1, 0.15) is 0 Å². The molecule has 0 spiro atoms. The number of aliphatic hydroxyl groups is 1. The molecule has 1 aromatic heterocycles. The first-order chi connectivity index (χ1) is 6.86. The van der Waals surface area contributed by atoms with Crippen molar-refractivity contribution < 1.29 is 5.11 Å². The van der Waals surface area contributed by atoms with E-state index in [1.165, 1.54) is 4.88 Å². The van der Waals surface area contributed by atoms with Gasteiger partial charge in [-0.05, 0) is 30.7 Å². The van der Waals surface area contributed by atoms with E-state index in [1.807, 2.05) is 11.3 Å². The lowest BCUT2D eigenvalue weighted by atomic mass is 10.1. The molecule has 0 bridgehead atoms.